The first-order chi connectivity index (χ1) is 17.8. The van der Waals surface area contributed by atoms with Crippen molar-refractivity contribution in [2.24, 2.45) is 0 Å². The highest BCUT2D eigenvalue weighted by atomic mass is 16.5. The number of carbonyl (C=O) groups is 5. The molecule has 0 atom stereocenters. The summed E-state index contributed by atoms with van der Waals surface area (Å²) in [5, 5.41) is 20.4. The highest BCUT2D eigenvalue weighted by Gasteiger charge is 2.33. The van der Waals surface area contributed by atoms with Crippen LogP contribution in [0.5, 0.6) is 0 Å². The van der Waals surface area contributed by atoms with E-state index in [1.165, 1.54) is 0 Å². The first kappa shape index (κ1) is 31.7. The average Bonchev–Trinajstić information content (AvgIpc) is 2.86. The van der Waals surface area contributed by atoms with Crippen molar-refractivity contribution in [3.05, 3.63) is 35.9 Å². The van der Waals surface area contributed by atoms with Crippen LogP contribution in [0.4, 0.5) is 0 Å². The molecule has 0 heterocycles. The van der Waals surface area contributed by atoms with Crippen LogP contribution in [0.3, 0.4) is 0 Å². The molecule has 0 aliphatic carbocycles. The number of aldehydes is 1. The topological polar surface area (TPSA) is 175 Å². The van der Waals surface area contributed by atoms with E-state index in [0.717, 1.165) is 5.56 Å². The molecule has 0 saturated carbocycles. The fraction of sp³-hybridized carbons (Fsp3) is 0.560. The summed E-state index contributed by atoms with van der Waals surface area (Å²) in [7, 11) is 0. The van der Waals surface area contributed by atoms with Gasteiger partial charge in [0.05, 0.1) is 52.5 Å². The summed E-state index contributed by atoms with van der Waals surface area (Å²) in [4.78, 5) is 56.9. The fourth-order valence-corrected chi connectivity index (χ4v) is 3.05. The number of hydrogen-bond donors (Lipinski definition) is 3. The van der Waals surface area contributed by atoms with E-state index in [-0.39, 0.29) is 84.8 Å². The maximum absolute atomic E-state index is 12.7. The van der Waals surface area contributed by atoms with Crippen LogP contribution in [-0.2, 0) is 49.5 Å². The lowest BCUT2D eigenvalue weighted by molar-refractivity contribution is -0.145. The number of nitrogens with one attached hydrogen (secondary N) is 1. The summed E-state index contributed by atoms with van der Waals surface area (Å²) >= 11 is 0. The third kappa shape index (κ3) is 16.1. The molecule has 1 rings (SSSR count). The molecule has 12 heteroatoms. The zero-order chi connectivity index (χ0) is 27.4. The van der Waals surface area contributed by atoms with E-state index >= 15 is 0 Å². The van der Waals surface area contributed by atoms with Crippen molar-refractivity contribution >= 4 is 30.1 Å². The summed E-state index contributed by atoms with van der Waals surface area (Å²) in [5.41, 5.74) is -0.427. The van der Waals surface area contributed by atoms with Gasteiger partial charge in [0.15, 0.2) is 0 Å². The van der Waals surface area contributed by atoms with Crippen molar-refractivity contribution in [2.45, 2.75) is 50.7 Å². The van der Waals surface area contributed by atoms with Gasteiger partial charge in [-0.2, -0.15) is 0 Å². The Hall–Kier alpha value is -3.35. The third-order valence-corrected chi connectivity index (χ3v) is 4.87. The lowest BCUT2D eigenvalue weighted by atomic mass is 10.0. The van der Waals surface area contributed by atoms with Crippen LogP contribution in [0.2, 0.25) is 0 Å². The number of aliphatic carboxylic acids is 2. The molecular weight excluding hydrogens is 490 g/mol. The summed E-state index contributed by atoms with van der Waals surface area (Å²) in [6, 6.07) is 9.17. The van der Waals surface area contributed by atoms with Gasteiger partial charge in [-0.1, -0.05) is 30.3 Å². The van der Waals surface area contributed by atoms with Crippen molar-refractivity contribution in [1.29, 1.82) is 0 Å². The fourth-order valence-electron chi connectivity index (χ4n) is 3.05. The molecule has 12 nitrogen and oxygen atoms in total. The summed E-state index contributed by atoms with van der Waals surface area (Å²) in [6.45, 7) is -0.565. The highest BCUT2D eigenvalue weighted by Crippen LogP contribution is 2.12. The molecular formula is C25H35NO11. The lowest BCUT2D eigenvalue weighted by Crippen LogP contribution is -2.58. The SMILES string of the molecule is O=CCCOCC(COCCC(=O)O)(COCCC(=O)O)NC(=O)CCCC(=O)OCc1ccccc1. The van der Waals surface area contributed by atoms with Crippen LogP contribution >= 0.6 is 0 Å². The molecule has 0 aliphatic rings. The van der Waals surface area contributed by atoms with Gasteiger partial charge in [-0.05, 0) is 12.0 Å². The van der Waals surface area contributed by atoms with E-state index in [9.17, 15) is 24.0 Å². The van der Waals surface area contributed by atoms with Crippen LogP contribution in [-0.4, -0.2) is 85.5 Å². The van der Waals surface area contributed by atoms with Gasteiger partial charge in [-0.25, -0.2) is 0 Å². The Morgan fingerprint density at radius 1 is 0.811 bits per heavy atom. The molecule has 1 aromatic carbocycles. The molecule has 0 bridgehead atoms. The minimum absolute atomic E-state index is 0.0211. The number of amides is 1. The van der Waals surface area contributed by atoms with Gasteiger partial charge in [0.25, 0.3) is 0 Å². The van der Waals surface area contributed by atoms with Crippen molar-refractivity contribution in [3.8, 4) is 0 Å². The Kier molecular flexibility index (Phi) is 16.1. The van der Waals surface area contributed by atoms with Gasteiger partial charge in [0, 0.05) is 19.3 Å². The normalized spacial score (nSPS) is 11.0. The van der Waals surface area contributed by atoms with Crippen LogP contribution < -0.4 is 5.32 Å². The summed E-state index contributed by atoms with van der Waals surface area (Å²) in [5.74, 6) is -3.02. The van der Waals surface area contributed by atoms with Crippen LogP contribution in [0.15, 0.2) is 30.3 Å². The molecule has 0 aromatic heterocycles. The number of esters is 1. The summed E-state index contributed by atoms with van der Waals surface area (Å²) in [6.07, 6.45) is 0.468. The van der Waals surface area contributed by atoms with E-state index in [1.807, 2.05) is 30.3 Å². The van der Waals surface area contributed by atoms with Gasteiger partial charge in [-0.15, -0.1) is 0 Å². The molecule has 1 aromatic rings. The Morgan fingerprint density at radius 3 is 1.92 bits per heavy atom. The second-order valence-corrected chi connectivity index (χ2v) is 8.23. The Morgan fingerprint density at radius 2 is 1.38 bits per heavy atom. The second-order valence-electron chi connectivity index (χ2n) is 8.23. The predicted octanol–water partition coefficient (Wildman–Crippen LogP) is 1.34. The first-order valence-corrected chi connectivity index (χ1v) is 11.9. The molecule has 3 N–H and O–H groups in total. The molecule has 0 radical (unpaired) electrons. The highest BCUT2D eigenvalue weighted by molar-refractivity contribution is 5.78. The largest absolute Gasteiger partial charge is 0.481 e. The van der Waals surface area contributed by atoms with E-state index in [4.69, 9.17) is 29.2 Å². The van der Waals surface area contributed by atoms with Crippen molar-refractivity contribution in [3.63, 3.8) is 0 Å². The maximum Gasteiger partial charge on any atom is 0.306 e. The van der Waals surface area contributed by atoms with E-state index in [0.29, 0.717) is 6.29 Å². The minimum Gasteiger partial charge on any atom is -0.481 e. The van der Waals surface area contributed by atoms with Crippen molar-refractivity contribution in [1.82, 2.24) is 5.32 Å². The number of carbonyl (C=O) groups excluding carboxylic acids is 3. The monoisotopic (exact) mass is 525 g/mol. The summed E-state index contributed by atoms with van der Waals surface area (Å²) < 4.78 is 21.6. The lowest BCUT2D eigenvalue weighted by Gasteiger charge is -2.34. The first-order valence-electron chi connectivity index (χ1n) is 11.9. The number of carboxylic acid groups (broad SMARTS) is 2. The predicted molar refractivity (Wildman–Crippen MR) is 129 cm³/mol. The Labute approximate surface area is 215 Å². The second kappa shape index (κ2) is 18.9. The zero-order valence-corrected chi connectivity index (χ0v) is 20.7. The molecule has 0 aliphatic heterocycles. The smallest absolute Gasteiger partial charge is 0.306 e. The Balaban J connectivity index is 2.69. The van der Waals surface area contributed by atoms with Gasteiger partial charge in [0.1, 0.15) is 18.4 Å². The van der Waals surface area contributed by atoms with Crippen LogP contribution in [0, 0.1) is 0 Å². The van der Waals surface area contributed by atoms with Crippen molar-refractivity contribution in [2.75, 3.05) is 39.6 Å². The van der Waals surface area contributed by atoms with Crippen molar-refractivity contribution < 1.29 is 53.1 Å². The third-order valence-electron chi connectivity index (χ3n) is 4.87. The molecule has 0 spiro atoms. The number of carboxylic acids is 2. The van der Waals surface area contributed by atoms with Gasteiger partial charge >= 0.3 is 17.9 Å². The number of benzene rings is 1. The van der Waals surface area contributed by atoms with Crippen LogP contribution in [0.25, 0.3) is 0 Å². The zero-order valence-electron chi connectivity index (χ0n) is 20.7. The standard InChI is InChI=1S/C25H35NO11/c27-12-5-13-34-17-25(18-35-14-10-22(29)30,19-36-15-11-23(31)32)26-21(28)8-4-9-24(33)37-16-20-6-2-1-3-7-20/h1-3,6-7,12H,4-5,8-11,13-19H2,(H,26,28)(H,29,30)(H,31,32). The molecule has 1 amide bonds. The number of hydrogen-bond acceptors (Lipinski definition) is 9. The average molecular weight is 526 g/mol. The number of rotatable bonds is 22. The van der Waals surface area contributed by atoms with Gasteiger partial charge in [0.2, 0.25) is 5.91 Å². The van der Waals surface area contributed by atoms with E-state index in [2.05, 4.69) is 5.32 Å². The Bertz CT molecular complexity index is 822. The molecule has 0 fully saturated rings. The maximum atomic E-state index is 12.7. The molecule has 0 saturated heterocycles. The minimum atomic E-state index is -1.27. The molecule has 0 unspecified atom stereocenters. The molecule has 37 heavy (non-hydrogen) atoms. The van der Waals surface area contributed by atoms with Crippen LogP contribution in [0.1, 0.15) is 44.1 Å². The molecule has 206 valence electrons. The van der Waals surface area contributed by atoms with Gasteiger partial charge < -0.3 is 39.3 Å². The van der Waals surface area contributed by atoms with Gasteiger partial charge in [-0.3, -0.25) is 19.2 Å². The van der Waals surface area contributed by atoms with E-state index in [1.54, 1.807) is 0 Å². The quantitative estimate of drug-likeness (QED) is 0.113. The number of ether oxygens (including phenoxy) is 4. The van der Waals surface area contributed by atoms with E-state index < -0.39 is 29.4 Å².